The number of rotatable bonds is 6. The van der Waals surface area contributed by atoms with Gasteiger partial charge in [-0.05, 0) is 55.3 Å². The molecule has 0 aromatic heterocycles. The van der Waals surface area contributed by atoms with Gasteiger partial charge in [0.05, 0.1) is 23.4 Å². The Labute approximate surface area is 153 Å². The van der Waals surface area contributed by atoms with E-state index in [-0.39, 0.29) is 4.90 Å². The lowest BCUT2D eigenvalue weighted by Crippen LogP contribution is -2.35. The van der Waals surface area contributed by atoms with Crippen molar-refractivity contribution in [3.63, 3.8) is 0 Å². The van der Waals surface area contributed by atoms with Crippen LogP contribution in [0.4, 0.5) is 15.8 Å². The largest absolute Gasteiger partial charge is 0.495 e. The minimum absolute atomic E-state index is 0.000239. The van der Waals surface area contributed by atoms with Gasteiger partial charge in [0.1, 0.15) is 11.6 Å². The van der Waals surface area contributed by atoms with Crippen LogP contribution in [-0.4, -0.2) is 33.6 Å². The highest BCUT2D eigenvalue weighted by atomic mass is 32.2. The van der Waals surface area contributed by atoms with Crippen LogP contribution in [-0.2, 0) is 10.0 Å². The number of methoxy groups -OCH3 is 1. The molecule has 2 N–H and O–H groups in total. The summed E-state index contributed by atoms with van der Waals surface area (Å²) in [4.78, 5) is 0.000239. The predicted octanol–water partition coefficient (Wildman–Crippen LogP) is 3.45. The quantitative estimate of drug-likeness (QED) is 0.804. The van der Waals surface area contributed by atoms with Crippen LogP contribution in [0.15, 0.2) is 47.4 Å². The van der Waals surface area contributed by atoms with Crippen LogP contribution in [0.5, 0.6) is 5.75 Å². The number of ether oxygens (including phenoxy) is 1. The molecule has 0 saturated carbocycles. The Bertz CT molecular complexity index is 850. The number of nitrogens with zero attached hydrogens (tertiary/aromatic N) is 1. The molecule has 2 aromatic rings. The van der Waals surface area contributed by atoms with E-state index >= 15 is 0 Å². The molecule has 0 amide bonds. The number of nitrogens with one attached hydrogen (secondary N) is 2. The smallest absolute Gasteiger partial charge is 0.261 e. The van der Waals surface area contributed by atoms with E-state index in [4.69, 9.17) is 4.74 Å². The Kier molecular flexibility index (Phi) is 5.63. The Morgan fingerprint density at radius 3 is 2.38 bits per heavy atom. The van der Waals surface area contributed by atoms with Gasteiger partial charge in [-0.1, -0.05) is 6.42 Å². The van der Waals surface area contributed by atoms with Crippen LogP contribution < -0.4 is 14.9 Å². The van der Waals surface area contributed by atoms with Crippen LogP contribution in [0, 0.1) is 5.82 Å². The molecule has 0 spiro atoms. The maximum absolute atomic E-state index is 13.0. The van der Waals surface area contributed by atoms with Crippen LogP contribution in [0.3, 0.4) is 0 Å². The molecule has 2 aromatic carbocycles. The van der Waals surface area contributed by atoms with Gasteiger partial charge in [-0.25, -0.2) is 17.8 Å². The van der Waals surface area contributed by atoms with E-state index in [0.717, 1.165) is 38.1 Å². The molecule has 0 aliphatic carbocycles. The first-order chi connectivity index (χ1) is 12.5. The van der Waals surface area contributed by atoms with Gasteiger partial charge < -0.3 is 10.2 Å². The lowest BCUT2D eigenvalue weighted by molar-refractivity contribution is 0.271. The molecule has 140 valence electrons. The molecular formula is C18H22FN3O3S. The third-order valence-electron chi connectivity index (χ3n) is 4.21. The number of benzene rings is 2. The molecule has 26 heavy (non-hydrogen) atoms. The summed E-state index contributed by atoms with van der Waals surface area (Å²) in [6.45, 7) is 1.85. The van der Waals surface area contributed by atoms with E-state index in [9.17, 15) is 12.8 Å². The fraction of sp³-hybridized carbons (Fsp3) is 0.333. The number of anilines is 2. The summed E-state index contributed by atoms with van der Waals surface area (Å²) in [5, 5.41) is 2.10. The number of hydrazine groups is 1. The fourth-order valence-corrected chi connectivity index (χ4v) is 3.91. The molecule has 0 radical (unpaired) electrons. The molecule has 6 nitrogen and oxygen atoms in total. The highest BCUT2D eigenvalue weighted by Crippen LogP contribution is 2.30. The van der Waals surface area contributed by atoms with E-state index in [1.165, 1.54) is 18.6 Å². The second kappa shape index (κ2) is 7.92. The van der Waals surface area contributed by atoms with Crippen LogP contribution in [0.2, 0.25) is 0 Å². The van der Waals surface area contributed by atoms with Crippen molar-refractivity contribution in [2.24, 2.45) is 0 Å². The summed E-state index contributed by atoms with van der Waals surface area (Å²) in [7, 11) is -2.23. The molecule has 0 atom stereocenters. The normalized spacial score (nSPS) is 15.5. The van der Waals surface area contributed by atoms with Crippen molar-refractivity contribution in [2.75, 3.05) is 30.3 Å². The lowest BCUT2D eigenvalue weighted by Gasteiger charge is -2.28. The van der Waals surface area contributed by atoms with Crippen LogP contribution >= 0.6 is 0 Å². The molecule has 1 fully saturated rings. The summed E-state index contributed by atoms with van der Waals surface area (Å²) >= 11 is 0. The van der Waals surface area contributed by atoms with Gasteiger partial charge in [0.15, 0.2) is 0 Å². The molecule has 0 unspecified atom stereocenters. The Balaban J connectivity index is 1.81. The van der Waals surface area contributed by atoms with Crippen molar-refractivity contribution in [3.05, 3.63) is 48.3 Å². The minimum atomic E-state index is -3.80. The van der Waals surface area contributed by atoms with Crippen LogP contribution in [0.25, 0.3) is 0 Å². The molecule has 1 heterocycles. The van der Waals surface area contributed by atoms with Gasteiger partial charge in [-0.15, -0.1) is 0 Å². The molecule has 3 rings (SSSR count). The standard InChI is InChI=1S/C18H22FN3O3S/c1-25-18-10-7-15(13-17(18)20-22-11-3-2-4-12-22)21-26(23,24)16-8-5-14(19)6-9-16/h5-10,13,20-21H,2-4,11-12H2,1H3. The van der Waals surface area contributed by atoms with Gasteiger partial charge >= 0.3 is 0 Å². The van der Waals surface area contributed by atoms with Gasteiger partial charge in [0.2, 0.25) is 0 Å². The average Bonchev–Trinajstić information content (AvgIpc) is 2.63. The van der Waals surface area contributed by atoms with E-state index in [1.807, 2.05) is 0 Å². The summed E-state index contributed by atoms with van der Waals surface area (Å²) in [6, 6.07) is 9.71. The minimum Gasteiger partial charge on any atom is -0.495 e. The van der Waals surface area contributed by atoms with E-state index < -0.39 is 15.8 Å². The summed E-state index contributed by atoms with van der Waals surface area (Å²) in [5.74, 6) is 0.140. The SMILES string of the molecule is COc1ccc(NS(=O)(=O)c2ccc(F)cc2)cc1NN1CCCCC1. The topological polar surface area (TPSA) is 70.7 Å². The maximum atomic E-state index is 13.0. The molecule has 1 aliphatic rings. The van der Waals surface area contributed by atoms with Crippen molar-refractivity contribution < 1.29 is 17.5 Å². The van der Waals surface area contributed by atoms with Crippen molar-refractivity contribution >= 4 is 21.4 Å². The number of hydrogen-bond donors (Lipinski definition) is 2. The van der Waals surface area contributed by atoms with Gasteiger partial charge in [-0.3, -0.25) is 4.72 Å². The van der Waals surface area contributed by atoms with Crippen molar-refractivity contribution in [1.82, 2.24) is 5.01 Å². The van der Waals surface area contributed by atoms with Crippen molar-refractivity contribution in [2.45, 2.75) is 24.2 Å². The summed E-state index contributed by atoms with van der Waals surface area (Å²) in [5.41, 5.74) is 4.38. The third-order valence-corrected chi connectivity index (χ3v) is 5.61. The average molecular weight is 379 g/mol. The molecule has 8 heteroatoms. The van der Waals surface area contributed by atoms with E-state index in [2.05, 4.69) is 15.2 Å². The summed E-state index contributed by atoms with van der Waals surface area (Å²) in [6.07, 6.45) is 3.45. The number of hydrogen-bond acceptors (Lipinski definition) is 5. The second-order valence-corrected chi connectivity index (χ2v) is 7.82. The zero-order valence-corrected chi connectivity index (χ0v) is 15.4. The molecule has 0 bridgehead atoms. The first kappa shape index (κ1) is 18.5. The molecule has 1 saturated heterocycles. The molecule has 1 aliphatic heterocycles. The highest BCUT2D eigenvalue weighted by molar-refractivity contribution is 7.92. The zero-order valence-electron chi connectivity index (χ0n) is 14.5. The lowest BCUT2D eigenvalue weighted by atomic mass is 10.2. The summed E-state index contributed by atoms with van der Waals surface area (Å²) < 4.78 is 45.8. The van der Waals surface area contributed by atoms with Gasteiger partial charge in [0.25, 0.3) is 10.0 Å². The van der Waals surface area contributed by atoms with Crippen LogP contribution in [0.1, 0.15) is 19.3 Å². The Morgan fingerprint density at radius 1 is 1.04 bits per heavy atom. The number of piperidine rings is 1. The third kappa shape index (κ3) is 4.44. The van der Waals surface area contributed by atoms with E-state index in [1.54, 1.807) is 25.3 Å². The second-order valence-electron chi connectivity index (χ2n) is 6.13. The number of sulfonamides is 1. The Hall–Kier alpha value is -2.32. The highest BCUT2D eigenvalue weighted by Gasteiger charge is 2.17. The number of halogens is 1. The first-order valence-electron chi connectivity index (χ1n) is 8.46. The monoisotopic (exact) mass is 379 g/mol. The first-order valence-corrected chi connectivity index (χ1v) is 9.94. The molecular weight excluding hydrogens is 357 g/mol. The Morgan fingerprint density at radius 2 is 1.73 bits per heavy atom. The predicted molar refractivity (Wildman–Crippen MR) is 99.2 cm³/mol. The van der Waals surface area contributed by atoms with E-state index in [0.29, 0.717) is 17.1 Å². The zero-order chi connectivity index (χ0) is 18.6. The van der Waals surface area contributed by atoms with Gasteiger partial charge in [0, 0.05) is 13.1 Å². The fourth-order valence-electron chi connectivity index (χ4n) is 2.86. The van der Waals surface area contributed by atoms with Crippen molar-refractivity contribution in [1.29, 1.82) is 0 Å². The van der Waals surface area contributed by atoms with Gasteiger partial charge in [-0.2, -0.15) is 0 Å². The van der Waals surface area contributed by atoms with Crippen molar-refractivity contribution in [3.8, 4) is 5.75 Å². The maximum Gasteiger partial charge on any atom is 0.261 e.